The maximum atomic E-state index is 13.9. The number of benzene rings is 2. The summed E-state index contributed by atoms with van der Waals surface area (Å²) in [6.07, 6.45) is 5.52. The molecule has 0 bridgehead atoms. The van der Waals surface area contributed by atoms with E-state index in [1.54, 1.807) is 36.4 Å². The van der Waals surface area contributed by atoms with Crippen LogP contribution >= 0.6 is 11.6 Å². The minimum Gasteiger partial charge on any atom is -0.459 e. The lowest BCUT2D eigenvalue weighted by molar-refractivity contribution is -0.123. The molecule has 7 nitrogen and oxygen atoms in total. The Morgan fingerprint density at radius 2 is 1.75 bits per heavy atom. The lowest BCUT2D eigenvalue weighted by Crippen LogP contribution is -2.46. The Morgan fingerprint density at radius 3 is 2.42 bits per heavy atom. The van der Waals surface area contributed by atoms with Crippen LogP contribution in [0.25, 0.3) is 0 Å². The maximum Gasteiger partial charge on any atom is 0.294 e. The second kappa shape index (κ2) is 11.2. The Morgan fingerprint density at radius 1 is 1.00 bits per heavy atom. The van der Waals surface area contributed by atoms with Crippen molar-refractivity contribution in [2.75, 3.05) is 36.1 Å². The average Bonchev–Trinajstić information content (AvgIpc) is 3.62. The van der Waals surface area contributed by atoms with Gasteiger partial charge in [-0.1, -0.05) is 42.6 Å². The third-order valence-electron chi connectivity index (χ3n) is 6.83. The van der Waals surface area contributed by atoms with Gasteiger partial charge in [-0.15, -0.1) is 0 Å². The molecule has 3 aromatic rings. The van der Waals surface area contributed by atoms with Crippen molar-refractivity contribution in [2.45, 2.75) is 37.8 Å². The largest absolute Gasteiger partial charge is 0.459 e. The summed E-state index contributed by atoms with van der Waals surface area (Å²) in [4.78, 5) is 31.4. The van der Waals surface area contributed by atoms with Gasteiger partial charge >= 0.3 is 0 Å². The molecule has 1 aliphatic heterocycles. The van der Waals surface area contributed by atoms with Gasteiger partial charge in [-0.3, -0.25) is 14.5 Å². The van der Waals surface area contributed by atoms with Gasteiger partial charge in [0.05, 0.1) is 19.5 Å². The highest BCUT2D eigenvalue weighted by Gasteiger charge is 2.36. The number of morpholine rings is 1. The Labute approximate surface area is 216 Å². The van der Waals surface area contributed by atoms with Gasteiger partial charge < -0.3 is 19.4 Å². The second-order valence-electron chi connectivity index (χ2n) is 9.22. The quantitative estimate of drug-likeness (QED) is 0.474. The van der Waals surface area contributed by atoms with Crippen LogP contribution in [0.1, 0.15) is 47.8 Å². The molecule has 2 amide bonds. The number of nitrogens with one attached hydrogen (secondary N) is 1. The number of carbonyl (C=O) groups is 2. The molecule has 1 aliphatic carbocycles. The smallest absolute Gasteiger partial charge is 0.294 e. The van der Waals surface area contributed by atoms with Gasteiger partial charge in [0.2, 0.25) is 5.91 Å². The highest BCUT2D eigenvalue weighted by molar-refractivity contribution is 6.31. The first kappa shape index (κ1) is 24.4. The predicted octanol–water partition coefficient (Wildman–Crippen LogP) is 5.22. The normalized spacial score (nSPS) is 17.1. The van der Waals surface area contributed by atoms with Crippen LogP contribution in [0.3, 0.4) is 0 Å². The monoisotopic (exact) mass is 507 g/mol. The summed E-state index contributed by atoms with van der Waals surface area (Å²) in [6.45, 7) is 3.01. The lowest BCUT2D eigenvalue weighted by atomic mass is 10.0. The number of ether oxygens (including phenoxy) is 1. The van der Waals surface area contributed by atoms with Crippen LogP contribution in [-0.4, -0.2) is 44.2 Å². The van der Waals surface area contributed by atoms with E-state index >= 15 is 0 Å². The van der Waals surface area contributed by atoms with Crippen LogP contribution in [0.5, 0.6) is 0 Å². The molecule has 1 atom stereocenters. The van der Waals surface area contributed by atoms with Crippen molar-refractivity contribution in [1.82, 2.24) is 5.32 Å². The van der Waals surface area contributed by atoms with Gasteiger partial charge in [0.25, 0.3) is 5.91 Å². The van der Waals surface area contributed by atoms with Crippen LogP contribution in [0.4, 0.5) is 11.4 Å². The van der Waals surface area contributed by atoms with E-state index in [1.165, 1.54) is 11.2 Å². The topological polar surface area (TPSA) is 75.0 Å². The summed E-state index contributed by atoms with van der Waals surface area (Å²) in [5.74, 6) is -0.481. The summed E-state index contributed by atoms with van der Waals surface area (Å²) in [5.41, 5.74) is 2.29. The first-order chi connectivity index (χ1) is 17.6. The minimum absolute atomic E-state index is 0.104. The number of rotatable bonds is 7. The first-order valence-electron chi connectivity index (χ1n) is 12.5. The molecule has 1 saturated heterocycles. The number of amides is 2. The van der Waals surface area contributed by atoms with Crippen LogP contribution in [0.15, 0.2) is 71.3 Å². The van der Waals surface area contributed by atoms with E-state index in [4.69, 9.17) is 20.8 Å². The van der Waals surface area contributed by atoms with E-state index in [1.807, 2.05) is 24.3 Å². The molecular formula is C28H30ClN3O4. The number of hydrogen-bond acceptors (Lipinski definition) is 5. The molecule has 0 unspecified atom stereocenters. The highest BCUT2D eigenvalue weighted by atomic mass is 35.5. The fourth-order valence-corrected chi connectivity index (χ4v) is 5.17. The zero-order chi connectivity index (χ0) is 24.9. The van der Waals surface area contributed by atoms with E-state index in [9.17, 15) is 9.59 Å². The molecule has 1 aromatic heterocycles. The molecule has 36 heavy (non-hydrogen) atoms. The molecule has 188 valence electrons. The molecule has 5 rings (SSSR count). The fourth-order valence-electron chi connectivity index (χ4n) is 4.99. The van der Waals surface area contributed by atoms with Crippen molar-refractivity contribution >= 4 is 34.8 Å². The van der Waals surface area contributed by atoms with Crippen molar-refractivity contribution in [3.63, 3.8) is 0 Å². The molecule has 1 N–H and O–H groups in total. The maximum absolute atomic E-state index is 13.9. The van der Waals surface area contributed by atoms with Crippen molar-refractivity contribution in [1.29, 1.82) is 0 Å². The van der Waals surface area contributed by atoms with Crippen molar-refractivity contribution in [3.05, 3.63) is 83.3 Å². The summed E-state index contributed by atoms with van der Waals surface area (Å²) in [5, 5.41) is 3.67. The van der Waals surface area contributed by atoms with E-state index in [0.717, 1.165) is 44.5 Å². The SMILES string of the molecule is O=C(NC1CCCC1)[C@@H](c1ccc(N2CCOCC2)cc1)N(C(=O)c1ccco1)c1cccc(Cl)c1. The molecule has 2 heterocycles. The fraction of sp³-hybridized carbons (Fsp3) is 0.357. The molecule has 1 saturated carbocycles. The average molecular weight is 508 g/mol. The van der Waals surface area contributed by atoms with Crippen molar-refractivity contribution in [3.8, 4) is 0 Å². The summed E-state index contributed by atoms with van der Waals surface area (Å²) in [6, 6.07) is 17.3. The molecule has 2 aromatic carbocycles. The van der Waals surface area contributed by atoms with E-state index in [-0.39, 0.29) is 17.7 Å². The van der Waals surface area contributed by atoms with Crippen molar-refractivity contribution in [2.24, 2.45) is 0 Å². The zero-order valence-corrected chi connectivity index (χ0v) is 20.8. The first-order valence-corrected chi connectivity index (χ1v) is 12.8. The van der Waals surface area contributed by atoms with E-state index in [0.29, 0.717) is 29.5 Å². The van der Waals surface area contributed by atoms with Crippen LogP contribution in [-0.2, 0) is 9.53 Å². The second-order valence-corrected chi connectivity index (χ2v) is 9.65. The van der Waals surface area contributed by atoms with Crippen LogP contribution < -0.4 is 15.1 Å². The number of anilines is 2. The summed E-state index contributed by atoms with van der Waals surface area (Å²) >= 11 is 6.32. The van der Waals surface area contributed by atoms with Crippen LogP contribution in [0, 0.1) is 0 Å². The van der Waals surface area contributed by atoms with Gasteiger partial charge in [-0.25, -0.2) is 0 Å². The number of hydrogen-bond donors (Lipinski definition) is 1. The number of carbonyl (C=O) groups excluding carboxylic acids is 2. The number of furan rings is 1. The summed E-state index contributed by atoms with van der Waals surface area (Å²) in [7, 11) is 0. The lowest BCUT2D eigenvalue weighted by Gasteiger charge is -2.33. The number of halogens is 1. The minimum atomic E-state index is -0.902. The third-order valence-corrected chi connectivity index (χ3v) is 7.07. The van der Waals surface area contributed by atoms with Gasteiger partial charge in [0.15, 0.2) is 5.76 Å². The molecule has 0 spiro atoms. The standard InChI is InChI=1S/C28H30ClN3O4/c29-21-5-3-8-24(19-21)32(28(34)25-9-4-16-36-25)26(27(33)30-22-6-1-2-7-22)20-10-12-23(13-11-20)31-14-17-35-18-15-31/h3-5,8-13,16,19,22,26H,1-2,6-7,14-15,17-18H2,(H,30,33)/t26-/m1/s1. The molecule has 2 fully saturated rings. The Hall–Kier alpha value is -3.29. The third kappa shape index (κ3) is 5.42. The van der Waals surface area contributed by atoms with Crippen LogP contribution in [0.2, 0.25) is 5.02 Å². The molecule has 2 aliphatic rings. The zero-order valence-electron chi connectivity index (χ0n) is 20.1. The van der Waals surface area contributed by atoms with Gasteiger partial charge in [0.1, 0.15) is 6.04 Å². The summed E-state index contributed by atoms with van der Waals surface area (Å²) < 4.78 is 10.9. The van der Waals surface area contributed by atoms with Crippen molar-refractivity contribution < 1.29 is 18.7 Å². The Kier molecular flexibility index (Phi) is 7.58. The highest BCUT2D eigenvalue weighted by Crippen LogP contribution is 2.33. The van der Waals surface area contributed by atoms with Gasteiger partial charge in [-0.2, -0.15) is 0 Å². The molecular weight excluding hydrogens is 478 g/mol. The van der Waals surface area contributed by atoms with E-state index in [2.05, 4.69) is 10.2 Å². The predicted molar refractivity (Wildman–Crippen MR) is 140 cm³/mol. The van der Waals surface area contributed by atoms with Gasteiger partial charge in [-0.05, 0) is 60.9 Å². The Bertz CT molecular complexity index is 1170. The van der Waals surface area contributed by atoms with Gasteiger partial charge in [0, 0.05) is 35.5 Å². The number of nitrogens with zero attached hydrogens (tertiary/aromatic N) is 2. The Balaban J connectivity index is 1.55. The van der Waals surface area contributed by atoms with E-state index < -0.39 is 11.9 Å². The molecule has 8 heteroatoms. The molecule has 0 radical (unpaired) electrons.